The summed E-state index contributed by atoms with van der Waals surface area (Å²) in [7, 11) is 0. The van der Waals surface area contributed by atoms with Crippen LogP contribution < -0.4 is 5.73 Å². The fourth-order valence-corrected chi connectivity index (χ4v) is 4.26. The maximum Gasteiger partial charge on any atom is 0.391 e. The predicted molar refractivity (Wildman–Crippen MR) is 75.2 cm³/mol. The Morgan fingerprint density at radius 2 is 1.95 bits per heavy atom. The van der Waals surface area contributed by atoms with Crippen molar-refractivity contribution in [2.45, 2.75) is 44.3 Å². The summed E-state index contributed by atoms with van der Waals surface area (Å²) >= 11 is 5.03. The van der Waals surface area contributed by atoms with Gasteiger partial charge in [-0.15, -0.1) is 11.3 Å². The van der Waals surface area contributed by atoms with E-state index in [0.717, 1.165) is 10.9 Å². The average molecular weight is 356 g/mol. The first-order chi connectivity index (χ1) is 8.86. The van der Waals surface area contributed by atoms with E-state index in [9.17, 15) is 13.2 Å². The molecule has 0 aromatic carbocycles. The van der Waals surface area contributed by atoms with Crippen LogP contribution in [0.3, 0.4) is 0 Å². The van der Waals surface area contributed by atoms with Crippen LogP contribution in [0.2, 0.25) is 0 Å². The number of hydrogen-bond donors (Lipinski definition) is 1. The van der Waals surface area contributed by atoms with Crippen molar-refractivity contribution in [1.29, 1.82) is 0 Å². The zero-order valence-electron chi connectivity index (χ0n) is 10.4. The normalized spacial score (nSPS) is 26.4. The quantitative estimate of drug-likeness (QED) is 0.831. The molecule has 1 aliphatic rings. The van der Waals surface area contributed by atoms with Crippen molar-refractivity contribution in [3.8, 4) is 0 Å². The van der Waals surface area contributed by atoms with Crippen molar-refractivity contribution in [2.75, 3.05) is 0 Å². The molecule has 0 spiro atoms. The summed E-state index contributed by atoms with van der Waals surface area (Å²) in [5.74, 6) is -0.897. The van der Waals surface area contributed by atoms with Crippen LogP contribution in [0.15, 0.2) is 15.9 Å². The van der Waals surface area contributed by atoms with Crippen molar-refractivity contribution in [1.82, 2.24) is 0 Å². The van der Waals surface area contributed by atoms with E-state index >= 15 is 0 Å². The number of thiophene rings is 1. The first-order valence-electron chi connectivity index (χ1n) is 6.41. The van der Waals surface area contributed by atoms with Crippen molar-refractivity contribution >= 4 is 27.3 Å². The van der Waals surface area contributed by atoms with Crippen LogP contribution in [0, 0.1) is 11.8 Å². The maximum atomic E-state index is 12.6. The van der Waals surface area contributed by atoms with Crippen LogP contribution in [0.4, 0.5) is 13.2 Å². The highest BCUT2D eigenvalue weighted by Gasteiger charge is 2.42. The number of nitrogens with two attached hydrogens (primary N) is 1. The fourth-order valence-electron chi connectivity index (χ4n) is 2.73. The van der Waals surface area contributed by atoms with Gasteiger partial charge in [0, 0.05) is 20.8 Å². The van der Waals surface area contributed by atoms with Crippen LogP contribution in [0.5, 0.6) is 0 Å². The van der Waals surface area contributed by atoms with E-state index in [4.69, 9.17) is 5.73 Å². The summed E-state index contributed by atoms with van der Waals surface area (Å²) in [6.45, 7) is 0. The van der Waals surface area contributed by atoms with Crippen LogP contribution in [-0.4, -0.2) is 12.2 Å². The van der Waals surface area contributed by atoms with Crippen LogP contribution in [0.25, 0.3) is 0 Å². The number of rotatable bonds is 3. The van der Waals surface area contributed by atoms with E-state index in [1.165, 1.54) is 4.88 Å². The lowest BCUT2D eigenvalue weighted by atomic mass is 9.77. The minimum Gasteiger partial charge on any atom is -0.327 e. The molecular formula is C13H17BrF3NS. The van der Waals surface area contributed by atoms with E-state index in [1.807, 2.05) is 11.4 Å². The van der Waals surface area contributed by atoms with Gasteiger partial charge in [-0.05, 0) is 60.0 Å². The second-order valence-corrected chi connectivity index (χ2v) is 7.16. The second kappa shape index (κ2) is 6.14. The number of hydrogen-bond acceptors (Lipinski definition) is 2. The van der Waals surface area contributed by atoms with Gasteiger partial charge in [0.25, 0.3) is 0 Å². The third-order valence-corrected chi connectivity index (χ3v) is 5.62. The van der Waals surface area contributed by atoms with Crippen LogP contribution >= 0.6 is 27.3 Å². The predicted octanol–water partition coefficient (Wildman–Crippen LogP) is 4.75. The molecule has 1 saturated carbocycles. The summed E-state index contributed by atoms with van der Waals surface area (Å²) in [5, 5.41) is 2.00. The Morgan fingerprint density at radius 1 is 1.32 bits per heavy atom. The molecule has 108 valence electrons. The van der Waals surface area contributed by atoms with E-state index in [0.29, 0.717) is 12.8 Å². The smallest absolute Gasteiger partial charge is 0.327 e. The molecule has 19 heavy (non-hydrogen) atoms. The van der Waals surface area contributed by atoms with Gasteiger partial charge >= 0.3 is 6.18 Å². The zero-order valence-corrected chi connectivity index (χ0v) is 12.8. The highest BCUT2D eigenvalue weighted by molar-refractivity contribution is 9.10. The van der Waals surface area contributed by atoms with E-state index in [1.54, 1.807) is 11.3 Å². The molecule has 6 heteroatoms. The van der Waals surface area contributed by atoms with E-state index < -0.39 is 12.1 Å². The number of halogens is 4. The Balaban J connectivity index is 1.84. The van der Waals surface area contributed by atoms with Crippen molar-refractivity contribution in [3.63, 3.8) is 0 Å². The van der Waals surface area contributed by atoms with Gasteiger partial charge in [-0.3, -0.25) is 0 Å². The molecule has 0 radical (unpaired) electrons. The first-order valence-corrected chi connectivity index (χ1v) is 8.08. The van der Waals surface area contributed by atoms with E-state index in [-0.39, 0.29) is 24.8 Å². The van der Waals surface area contributed by atoms with Gasteiger partial charge in [0.2, 0.25) is 0 Å². The Morgan fingerprint density at radius 3 is 2.42 bits per heavy atom. The fraction of sp³-hybridized carbons (Fsp3) is 0.692. The Bertz CT molecular complexity index is 410. The summed E-state index contributed by atoms with van der Waals surface area (Å²) < 4.78 is 38.8. The standard InChI is InChI=1S/C13H17BrF3NS/c14-10-5-11(19-7-10)6-12(18)8-1-3-9(4-2-8)13(15,16)17/h5,7-9,12H,1-4,6,18H2. The molecule has 1 fully saturated rings. The molecule has 2 rings (SSSR count). The minimum atomic E-state index is -4.03. The summed E-state index contributed by atoms with van der Waals surface area (Å²) in [6, 6.07) is 2.01. The van der Waals surface area contributed by atoms with Crippen molar-refractivity contribution in [2.24, 2.45) is 17.6 Å². The number of alkyl halides is 3. The summed E-state index contributed by atoms with van der Waals surface area (Å²) in [4.78, 5) is 1.19. The first kappa shape index (κ1) is 15.3. The minimum absolute atomic E-state index is 0.0280. The Kier molecular flexibility index (Phi) is 4.95. The molecular weight excluding hydrogens is 339 g/mol. The lowest BCUT2D eigenvalue weighted by Crippen LogP contribution is -2.37. The Labute approximate surface area is 123 Å². The van der Waals surface area contributed by atoms with Gasteiger partial charge in [-0.1, -0.05) is 0 Å². The van der Waals surface area contributed by atoms with Gasteiger partial charge in [0.05, 0.1) is 5.92 Å². The molecule has 1 aliphatic carbocycles. The van der Waals surface area contributed by atoms with Gasteiger partial charge in [0.1, 0.15) is 0 Å². The highest BCUT2D eigenvalue weighted by Crippen LogP contribution is 2.40. The summed E-state index contributed by atoms with van der Waals surface area (Å²) in [6.07, 6.45) is -1.62. The molecule has 1 aromatic rings. The van der Waals surface area contributed by atoms with E-state index in [2.05, 4.69) is 15.9 Å². The Hall–Kier alpha value is -0.0700. The third kappa shape index (κ3) is 4.20. The van der Waals surface area contributed by atoms with Crippen LogP contribution in [0.1, 0.15) is 30.6 Å². The van der Waals surface area contributed by atoms with Gasteiger partial charge in [0.15, 0.2) is 0 Å². The maximum absolute atomic E-state index is 12.6. The topological polar surface area (TPSA) is 26.0 Å². The SMILES string of the molecule is NC(Cc1cc(Br)cs1)C1CCC(C(F)(F)F)CC1. The lowest BCUT2D eigenvalue weighted by molar-refractivity contribution is -0.184. The largest absolute Gasteiger partial charge is 0.391 e. The van der Waals surface area contributed by atoms with Gasteiger partial charge in [-0.25, -0.2) is 0 Å². The molecule has 0 saturated heterocycles. The molecule has 0 aliphatic heterocycles. The molecule has 0 bridgehead atoms. The third-order valence-electron chi connectivity index (χ3n) is 3.90. The second-order valence-electron chi connectivity index (χ2n) is 5.25. The monoisotopic (exact) mass is 355 g/mol. The molecule has 1 atom stereocenters. The van der Waals surface area contributed by atoms with Crippen molar-refractivity contribution in [3.05, 3.63) is 20.8 Å². The summed E-state index contributed by atoms with van der Waals surface area (Å²) in [5.41, 5.74) is 6.15. The molecule has 1 nitrogen and oxygen atoms in total. The molecule has 1 unspecified atom stereocenters. The molecule has 2 N–H and O–H groups in total. The zero-order chi connectivity index (χ0) is 14.0. The highest BCUT2D eigenvalue weighted by atomic mass is 79.9. The van der Waals surface area contributed by atoms with Crippen LogP contribution in [-0.2, 0) is 6.42 Å². The molecule has 0 amide bonds. The van der Waals surface area contributed by atoms with Crippen molar-refractivity contribution < 1.29 is 13.2 Å². The van der Waals surface area contributed by atoms with Gasteiger partial charge < -0.3 is 5.73 Å². The average Bonchev–Trinajstić information content (AvgIpc) is 2.74. The molecule has 1 aromatic heterocycles. The lowest BCUT2D eigenvalue weighted by Gasteiger charge is -2.32. The molecule has 1 heterocycles. The van der Waals surface area contributed by atoms with Gasteiger partial charge in [-0.2, -0.15) is 13.2 Å².